The van der Waals surface area contributed by atoms with Crippen molar-refractivity contribution in [3.05, 3.63) is 24.5 Å². The molecule has 0 aliphatic carbocycles. The first kappa shape index (κ1) is 18.1. The van der Waals surface area contributed by atoms with Crippen molar-refractivity contribution in [2.24, 2.45) is 5.92 Å². The number of ether oxygens (including phenoxy) is 1. The molecule has 1 aromatic heterocycles. The van der Waals surface area contributed by atoms with Crippen LogP contribution in [0.2, 0.25) is 0 Å². The van der Waals surface area contributed by atoms with Crippen LogP contribution < -0.4 is 9.64 Å². The first-order valence-electron chi connectivity index (χ1n) is 8.64. The number of aromatic nitrogens is 2. The van der Waals surface area contributed by atoms with Gasteiger partial charge < -0.3 is 19.4 Å². The molecule has 1 aromatic carbocycles. The summed E-state index contributed by atoms with van der Waals surface area (Å²) in [7, 11) is -3.90. The maximum absolute atomic E-state index is 11.0. The molecular weight excluding hydrogens is 341 g/mol. The minimum absolute atomic E-state index is 0.0220. The summed E-state index contributed by atoms with van der Waals surface area (Å²) in [6.07, 6.45) is 3.95. The van der Waals surface area contributed by atoms with Gasteiger partial charge in [0.2, 0.25) is 0 Å². The van der Waals surface area contributed by atoms with Crippen LogP contribution in [0.4, 0.5) is 5.82 Å². The van der Waals surface area contributed by atoms with Crippen molar-refractivity contribution in [3.8, 4) is 5.75 Å². The van der Waals surface area contributed by atoms with Gasteiger partial charge in [-0.25, -0.2) is 9.97 Å². The van der Waals surface area contributed by atoms with E-state index in [9.17, 15) is 4.57 Å². The predicted molar refractivity (Wildman–Crippen MR) is 97.2 cm³/mol. The molecule has 0 bridgehead atoms. The van der Waals surface area contributed by atoms with Gasteiger partial charge in [-0.05, 0) is 44.2 Å². The van der Waals surface area contributed by atoms with Crippen LogP contribution in [0.15, 0.2) is 24.5 Å². The molecule has 8 heteroatoms. The maximum Gasteiger partial charge on any atom is 0.325 e. The van der Waals surface area contributed by atoms with Crippen molar-refractivity contribution >= 4 is 24.3 Å². The lowest BCUT2D eigenvalue weighted by Crippen LogP contribution is -2.34. The van der Waals surface area contributed by atoms with E-state index in [1.165, 1.54) is 0 Å². The summed E-state index contributed by atoms with van der Waals surface area (Å²) in [6.45, 7) is 4.19. The average Bonchev–Trinajstić information content (AvgIpc) is 2.60. The zero-order chi connectivity index (χ0) is 17.9. The van der Waals surface area contributed by atoms with Crippen molar-refractivity contribution in [2.75, 3.05) is 30.8 Å². The Balaban J connectivity index is 1.73. The highest BCUT2D eigenvalue weighted by Gasteiger charge is 2.24. The Morgan fingerprint density at radius 3 is 2.72 bits per heavy atom. The summed E-state index contributed by atoms with van der Waals surface area (Å²) in [4.78, 5) is 29.2. The van der Waals surface area contributed by atoms with E-state index in [0.717, 1.165) is 48.4 Å². The molecule has 7 nitrogen and oxygen atoms in total. The summed E-state index contributed by atoms with van der Waals surface area (Å²) in [5, 5.41) is 0.974. The molecule has 0 saturated carbocycles. The molecule has 0 unspecified atom stereocenters. The molecule has 2 heterocycles. The monoisotopic (exact) mass is 365 g/mol. The second-order valence-corrected chi connectivity index (χ2v) is 8.17. The molecule has 1 aliphatic rings. The molecule has 2 aromatic rings. The Morgan fingerprint density at radius 1 is 1.28 bits per heavy atom. The molecule has 136 valence electrons. The van der Waals surface area contributed by atoms with Crippen molar-refractivity contribution < 1.29 is 19.1 Å². The first-order valence-corrected chi connectivity index (χ1v) is 10.4. The Bertz CT molecular complexity index is 772. The number of hydrogen-bond donors (Lipinski definition) is 2. The fourth-order valence-electron chi connectivity index (χ4n) is 3.35. The quantitative estimate of drug-likeness (QED) is 0.760. The Morgan fingerprint density at radius 2 is 2.04 bits per heavy atom. The van der Waals surface area contributed by atoms with E-state index in [1.807, 2.05) is 25.1 Å². The molecule has 0 radical (unpaired) electrons. The Kier molecular flexibility index (Phi) is 5.57. The molecule has 1 aliphatic heterocycles. The van der Waals surface area contributed by atoms with E-state index in [-0.39, 0.29) is 6.16 Å². The average molecular weight is 365 g/mol. The topological polar surface area (TPSA) is 95.8 Å². The third-order valence-electron chi connectivity index (χ3n) is 4.65. The van der Waals surface area contributed by atoms with Crippen LogP contribution in [0.25, 0.3) is 10.9 Å². The number of nitrogens with zero attached hydrogens (tertiary/aromatic N) is 3. The van der Waals surface area contributed by atoms with E-state index in [1.54, 1.807) is 6.33 Å². The van der Waals surface area contributed by atoms with Crippen LogP contribution in [0.3, 0.4) is 0 Å². The van der Waals surface area contributed by atoms with Crippen molar-refractivity contribution in [2.45, 2.75) is 26.2 Å². The summed E-state index contributed by atoms with van der Waals surface area (Å²) < 4.78 is 16.7. The molecule has 0 atom stereocenters. The van der Waals surface area contributed by atoms with Gasteiger partial charge >= 0.3 is 7.60 Å². The normalized spacial score (nSPS) is 16.4. The number of fused-ring (bicyclic) bond motifs is 1. The minimum Gasteiger partial charge on any atom is -0.492 e. The highest BCUT2D eigenvalue weighted by Crippen LogP contribution is 2.38. The summed E-state index contributed by atoms with van der Waals surface area (Å²) in [5.74, 6) is 2.02. The summed E-state index contributed by atoms with van der Waals surface area (Å²) >= 11 is 0. The van der Waals surface area contributed by atoms with Gasteiger partial charge in [-0.1, -0.05) is 6.07 Å². The van der Waals surface area contributed by atoms with Crippen LogP contribution in [0.1, 0.15) is 26.2 Å². The SMILES string of the molecule is CCOc1cccc2c(N3CCC(CCP(=O)(O)O)CC3)ncnc12. The standard InChI is InChI=1S/C17H24N3O4P/c1-2-24-15-5-3-4-14-16(15)18-12-19-17(14)20-9-6-13(7-10-20)8-11-25(21,22)23/h3-5,12-13H,2,6-11H2,1H3,(H2,21,22,23). The van der Waals surface area contributed by atoms with E-state index >= 15 is 0 Å². The second kappa shape index (κ2) is 7.68. The largest absolute Gasteiger partial charge is 0.492 e. The van der Waals surface area contributed by atoms with E-state index in [2.05, 4.69) is 14.9 Å². The molecular formula is C17H24N3O4P. The predicted octanol–water partition coefficient (Wildman–Crippen LogP) is 2.81. The fraction of sp³-hybridized carbons (Fsp3) is 0.529. The van der Waals surface area contributed by atoms with E-state index in [4.69, 9.17) is 14.5 Å². The Labute approximate surface area is 147 Å². The zero-order valence-electron chi connectivity index (χ0n) is 14.3. The molecule has 0 spiro atoms. The smallest absolute Gasteiger partial charge is 0.325 e. The van der Waals surface area contributed by atoms with E-state index in [0.29, 0.717) is 18.9 Å². The molecule has 1 saturated heterocycles. The van der Waals surface area contributed by atoms with Crippen LogP contribution in [-0.2, 0) is 4.57 Å². The highest BCUT2D eigenvalue weighted by molar-refractivity contribution is 7.51. The minimum atomic E-state index is -3.90. The third-order valence-corrected chi connectivity index (χ3v) is 5.49. The number of anilines is 1. The molecule has 2 N–H and O–H groups in total. The molecule has 25 heavy (non-hydrogen) atoms. The van der Waals surface area contributed by atoms with Gasteiger partial charge in [0.15, 0.2) is 0 Å². The number of para-hydroxylation sites is 1. The van der Waals surface area contributed by atoms with Crippen LogP contribution in [0.5, 0.6) is 5.75 Å². The highest BCUT2D eigenvalue weighted by atomic mass is 31.2. The van der Waals surface area contributed by atoms with Gasteiger partial charge in [-0.15, -0.1) is 0 Å². The van der Waals surface area contributed by atoms with Gasteiger partial charge in [0, 0.05) is 18.5 Å². The number of benzene rings is 1. The van der Waals surface area contributed by atoms with Crippen LogP contribution >= 0.6 is 7.60 Å². The zero-order valence-corrected chi connectivity index (χ0v) is 15.2. The lowest BCUT2D eigenvalue weighted by atomic mass is 9.94. The van der Waals surface area contributed by atoms with Crippen molar-refractivity contribution in [3.63, 3.8) is 0 Å². The molecule has 0 amide bonds. The van der Waals surface area contributed by atoms with E-state index < -0.39 is 7.60 Å². The maximum atomic E-state index is 11.0. The lowest BCUT2D eigenvalue weighted by Gasteiger charge is -2.33. The first-order chi connectivity index (χ1) is 12.0. The fourth-order valence-corrected chi connectivity index (χ4v) is 4.06. The molecule has 1 fully saturated rings. The second-order valence-electron chi connectivity index (χ2n) is 6.39. The van der Waals surface area contributed by atoms with Crippen molar-refractivity contribution in [1.82, 2.24) is 9.97 Å². The molecule has 3 rings (SSSR count). The lowest BCUT2D eigenvalue weighted by molar-refractivity contribution is 0.343. The van der Waals surface area contributed by atoms with Gasteiger partial charge in [-0.3, -0.25) is 4.57 Å². The number of rotatable bonds is 6. The van der Waals surface area contributed by atoms with Crippen LogP contribution in [-0.4, -0.2) is 45.6 Å². The number of hydrogen-bond acceptors (Lipinski definition) is 5. The van der Waals surface area contributed by atoms with Gasteiger partial charge in [0.1, 0.15) is 23.4 Å². The summed E-state index contributed by atoms with van der Waals surface area (Å²) in [5.41, 5.74) is 0.818. The number of piperidine rings is 1. The van der Waals surface area contributed by atoms with Gasteiger partial charge in [-0.2, -0.15) is 0 Å². The third kappa shape index (κ3) is 4.48. The van der Waals surface area contributed by atoms with Gasteiger partial charge in [0.05, 0.1) is 12.8 Å². The van der Waals surface area contributed by atoms with Gasteiger partial charge in [0.25, 0.3) is 0 Å². The van der Waals surface area contributed by atoms with Crippen molar-refractivity contribution in [1.29, 1.82) is 0 Å². The Hall–Kier alpha value is -1.69. The summed E-state index contributed by atoms with van der Waals surface area (Å²) in [6, 6.07) is 5.87. The van der Waals surface area contributed by atoms with Crippen LogP contribution in [0, 0.1) is 5.92 Å².